The van der Waals surface area contributed by atoms with Crippen molar-refractivity contribution < 1.29 is 18.4 Å². The third kappa shape index (κ3) is 3.84. The van der Waals surface area contributed by atoms with Gasteiger partial charge in [-0.3, -0.25) is 9.69 Å². The molecule has 2 aromatic heterocycles. The van der Waals surface area contributed by atoms with Gasteiger partial charge in [0.25, 0.3) is 5.91 Å². The Hall–Kier alpha value is -2.57. The number of para-hydroxylation sites is 1. The number of carbonyl (C=O) groups is 1. The van der Waals surface area contributed by atoms with Gasteiger partial charge in [-0.2, -0.15) is 0 Å². The van der Waals surface area contributed by atoms with Crippen molar-refractivity contribution in [3.8, 4) is 0 Å². The molecule has 0 saturated carbocycles. The summed E-state index contributed by atoms with van der Waals surface area (Å²) >= 11 is 0. The number of hydrogen-bond acceptors (Lipinski definition) is 5. The molecule has 0 spiro atoms. The average Bonchev–Trinajstić information content (AvgIpc) is 3.38. The van der Waals surface area contributed by atoms with E-state index in [4.69, 9.17) is 13.6 Å². The number of nitrogens with zero attached hydrogens (tertiary/aromatic N) is 1. The van der Waals surface area contributed by atoms with E-state index in [-0.39, 0.29) is 11.9 Å². The molecule has 3 heterocycles. The van der Waals surface area contributed by atoms with Crippen molar-refractivity contribution in [1.82, 2.24) is 10.2 Å². The van der Waals surface area contributed by atoms with Crippen molar-refractivity contribution in [3.63, 3.8) is 0 Å². The Morgan fingerprint density at radius 3 is 2.75 bits per heavy atom. The number of rotatable bonds is 7. The summed E-state index contributed by atoms with van der Waals surface area (Å²) in [6.45, 7) is 2.82. The van der Waals surface area contributed by atoms with E-state index in [1.165, 1.54) is 19.3 Å². The molecule has 4 rings (SSSR count). The lowest BCUT2D eigenvalue weighted by Crippen LogP contribution is -2.40. The van der Waals surface area contributed by atoms with E-state index in [2.05, 4.69) is 10.2 Å². The second-order valence-corrected chi connectivity index (χ2v) is 7.18. The first-order chi connectivity index (χ1) is 13.8. The number of hydrogen-bond donors (Lipinski definition) is 1. The molecule has 0 unspecified atom stereocenters. The monoisotopic (exact) mass is 382 g/mol. The summed E-state index contributed by atoms with van der Waals surface area (Å²) in [5.74, 6) is 0.973. The maximum absolute atomic E-state index is 13.0. The molecule has 28 heavy (non-hydrogen) atoms. The lowest BCUT2D eigenvalue weighted by Gasteiger charge is -2.33. The molecule has 1 N–H and O–H groups in total. The van der Waals surface area contributed by atoms with E-state index < -0.39 is 0 Å². The fraction of sp³-hybridized carbons (Fsp3) is 0.409. The summed E-state index contributed by atoms with van der Waals surface area (Å²) < 4.78 is 16.8. The quantitative estimate of drug-likeness (QED) is 0.665. The Balaban J connectivity index is 1.54. The molecule has 1 saturated heterocycles. The predicted molar refractivity (Wildman–Crippen MR) is 106 cm³/mol. The number of nitrogens with one attached hydrogen (secondary N) is 1. The van der Waals surface area contributed by atoms with Crippen molar-refractivity contribution in [3.05, 3.63) is 59.7 Å². The first-order valence-corrected chi connectivity index (χ1v) is 9.83. The van der Waals surface area contributed by atoms with Gasteiger partial charge in [0.2, 0.25) is 0 Å². The molecule has 0 radical (unpaired) electrons. The molecular weight excluding hydrogens is 356 g/mol. The molecule has 6 nitrogen and oxygen atoms in total. The molecule has 1 aliphatic rings. The van der Waals surface area contributed by atoms with Gasteiger partial charge in [-0.25, -0.2) is 0 Å². The lowest BCUT2D eigenvalue weighted by molar-refractivity contribution is 0.0883. The van der Waals surface area contributed by atoms with Crippen LogP contribution in [0.1, 0.15) is 47.2 Å². The second-order valence-electron chi connectivity index (χ2n) is 7.18. The second kappa shape index (κ2) is 8.63. The van der Waals surface area contributed by atoms with Gasteiger partial charge in [-0.05, 0) is 44.1 Å². The molecular formula is C22H26N2O4. The van der Waals surface area contributed by atoms with Crippen LogP contribution >= 0.6 is 0 Å². The zero-order chi connectivity index (χ0) is 19.3. The SMILES string of the molecule is COCc1c(C(=O)NC[C@H](c2ccco2)N2CCCCC2)oc2ccccc12. The minimum Gasteiger partial charge on any atom is -0.468 e. The van der Waals surface area contributed by atoms with E-state index in [1.807, 2.05) is 36.4 Å². The third-order valence-corrected chi connectivity index (χ3v) is 5.35. The Morgan fingerprint density at radius 1 is 1.18 bits per heavy atom. The fourth-order valence-electron chi connectivity index (χ4n) is 3.96. The van der Waals surface area contributed by atoms with E-state index in [0.717, 1.165) is 29.8 Å². The number of furan rings is 2. The zero-order valence-corrected chi connectivity index (χ0v) is 16.1. The average molecular weight is 382 g/mol. The highest BCUT2D eigenvalue weighted by Gasteiger charge is 2.27. The van der Waals surface area contributed by atoms with Crippen molar-refractivity contribution in [2.45, 2.75) is 31.9 Å². The van der Waals surface area contributed by atoms with Crippen LogP contribution in [0.15, 0.2) is 51.5 Å². The van der Waals surface area contributed by atoms with Gasteiger partial charge in [-0.1, -0.05) is 24.6 Å². The number of methoxy groups -OCH3 is 1. The standard InChI is InChI=1S/C22H26N2O4/c1-26-15-17-16-8-3-4-9-19(16)28-21(17)22(25)23-14-18(20-10-7-13-27-20)24-11-5-2-6-12-24/h3-4,7-10,13,18H,2,5-6,11-12,14-15H2,1H3,(H,23,25)/t18-/m1/s1. The summed E-state index contributed by atoms with van der Waals surface area (Å²) in [7, 11) is 1.62. The van der Waals surface area contributed by atoms with Crippen LogP contribution in [-0.2, 0) is 11.3 Å². The topological polar surface area (TPSA) is 67.8 Å². The molecule has 1 aromatic carbocycles. The molecule has 148 valence electrons. The highest BCUT2D eigenvalue weighted by atomic mass is 16.5. The first kappa shape index (κ1) is 18.8. The number of benzene rings is 1. The number of fused-ring (bicyclic) bond motifs is 1. The van der Waals surface area contributed by atoms with Gasteiger partial charge in [0.15, 0.2) is 5.76 Å². The number of carbonyl (C=O) groups excluding carboxylic acids is 1. The Kier molecular flexibility index (Phi) is 5.78. The van der Waals surface area contributed by atoms with E-state index in [1.54, 1.807) is 13.4 Å². The van der Waals surface area contributed by atoms with Crippen LogP contribution in [0.2, 0.25) is 0 Å². The fourth-order valence-corrected chi connectivity index (χ4v) is 3.96. The predicted octanol–water partition coefficient (Wildman–Crippen LogP) is 4.13. The summed E-state index contributed by atoms with van der Waals surface area (Å²) in [5, 5.41) is 3.96. The molecule has 1 atom stereocenters. The molecule has 0 bridgehead atoms. The summed E-state index contributed by atoms with van der Waals surface area (Å²) in [6.07, 6.45) is 5.29. The highest BCUT2D eigenvalue weighted by molar-refractivity contribution is 5.99. The minimum absolute atomic E-state index is 0.0227. The first-order valence-electron chi connectivity index (χ1n) is 9.83. The molecule has 1 fully saturated rings. The Bertz CT molecular complexity index is 910. The van der Waals surface area contributed by atoms with Gasteiger partial charge in [0.05, 0.1) is 18.9 Å². The van der Waals surface area contributed by atoms with Crippen molar-refractivity contribution in [1.29, 1.82) is 0 Å². The van der Waals surface area contributed by atoms with Crippen LogP contribution in [0, 0.1) is 0 Å². The van der Waals surface area contributed by atoms with E-state index in [9.17, 15) is 4.79 Å². The maximum Gasteiger partial charge on any atom is 0.287 e. The number of likely N-dealkylation sites (tertiary alicyclic amines) is 1. The van der Waals surface area contributed by atoms with Gasteiger partial charge < -0.3 is 18.9 Å². The summed E-state index contributed by atoms with van der Waals surface area (Å²) in [5.41, 5.74) is 1.47. The van der Waals surface area contributed by atoms with E-state index in [0.29, 0.717) is 24.5 Å². The number of ether oxygens (including phenoxy) is 1. The smallest absolute Gasteiger partial charge is 0.287 e. The third-order valence-electron chi connectivity index (χ3n) is 5.35. The molecule has 6 heteroatoms. The number of amides is 1. The van der Waals surface area contributed by atoms with Crippen molar-refractivity contribution in [2.75, 3.05) is 26.7 Å². The van der Waals surface area contributed by atoms with Crippen LogP contribution in [0.4, 0.5) is 0 Å². The van der Waals surface area contributed by atoms with Crippen LogP contribution in [0.3, 0.4) is 0 Å². The van der Waals surface area contributed by atoms with Gasteiger partial charge in [0, 0.05) is 24.6 Å². The molecule has 0 aliphatic carbocycles. The van der Waals surface area contributed by atoms with Crippen LogP contribution in [0.5, 0.6) is 0 Å². The van der Waals surface area contributed by atoms with Crippen LogP contribution in [-0.4, -0.2) is 37.6 Å². The molecule has 1 aliphatic heterocycles. The van der Waals surface area contributed by atoms with Crippen molar-refractivity contribution in [2.24, 2.45) is 0 Å². The Labute approximate surface area is 164 Å². The molecule has 1 amide bonds. The maximum atomic E-state index is 13.0. The van der Waals surface area contributed by atoms with Gasteiger partial charge in [-0.15, -0.1) is 0 Å². The summed E-state index contributed by atoms with van der Waals surface area (Å²) in [6, 6.07) is 11.5. The van der Waals surface area contributed by atoms with Gasteiger partial charge >= 0.3 is 0 Å². The zero-order valence-electron chi connectivity index (χ0n) is 16.1. The van der Waals surface area contributed by atoms with Crippen LogP contribution < -0.4 is 5.32 Å². The lowest BCUT2D eigenvalue weighted by atomic mass is 10.1. The molecule has 3 aromatic rings. The minimum atomic E-state index is -0.225. The van der Waals surface area contributed by atoms with E-state index >= 15 is 0 Å². The number of piperidine rings is 1. The van der Waals surface area contributed by atoms with Crippen LogP contribution in [0.25, 0.3) is 11.0 Å². The highest BCUT2D eigenvalue weighted by Crippen LogP contribution is 2.28. The Morgan fingerprint density at radius 2 is 2.00 bits per heavy atom. The normalized spacial score (nSPS) is 16.3. The summed E-state index contributed by atoms with van der Waals surface area (Å²) in [4.78, 5) is 15.3. The van der Waals surface area contributed by atoms with Gasteiger partial charge in [0.1, 0.15) is 11.3 Å². The largest absolute Gasteiger partial charge is 0.468 e. The van der Waals surface area contributed by atoms with Crippen molar-refractivity contribution >= 4 is 16.9 Å².